The average molecular weight is 375 g/mol. The molecule has 3 aliphatic rings. The molecule has 3 heteroatoms. The lowest BCUT2D eigenvalue weighted by Crippen LogP contribution is -2.45. The minimum absolute atomic E-state index is 0.0119. The highest BCUT2D eigenvalue weighted by atomic mass is 16.3. The van der Waals surface area contributed by atoms with Gasteiger partial charge in [-0.05, 0) is 66.8 Å². The van der Waals surface area contributed by atoms with Crippen molar-refractivity contribution in [3.63, 3.8) is 0 Å². The fourth-order valence-electron chi connectivity index (χ4n) is 6.64. The Morgan fingerprint density at radius 3 is 2.56 bits per heavy atom. The zero-order chi connectivity index (χ0) is 19.8. The van der Waals surface area contributed by atoms with Gasteiger partial charge in [0.2, 0.25) is 0 Å². The van der Waals surface area contributed by atoms with Crippen LogP contribution in [-0.4, -0.2) is 23.3 Å². The van der Waals surface area contributed by atoms with Gasteiger partial charge in [0.25, 0.3) is 0 Å². The third kappa shape index (κ3) is 3.81. The molecule has 27 heavy (non-hydrogen) atoms. The first-order valence-corrected chi connectivity index (χ1v) is 11.2. The van der Waals surface area contributed by atoms with Crippen molar-refractivity contribution in [2.24, 2.45) is 34.5 Å². The third-order valence-corrected chi connectivity index (χ3v) is 8.59. The lowest BCUT2D eigenvalue weighted by atomic mass is 9.54. The molecule has 0 aromatic heterocycles. The minimum Gasteiger partial charge on any atom is -0.389 e. The average Bonchev–Trinajstić information content (AvgIpc) is 3.43. The summed E-state index contributed by atoms with van der Waals surface area (Å²) in [5.41, 5.74) is 1.76. The normalized spacial score (nSPS) is 34.9. The molecule has 0 bridgehead atoms. The molecule has 1 spiro atoms. The Hall–Kier alpha value is -0.960. The van der Waals surface area contributed by atoms with E-state index in [4.69, 9.17) is 0 Å². The van der Waals surface area contributed by atoms with E-state index in [-0.39, 0.29) is 23.7 Å². The summed E-state index contributed by atoms with van der Waals surface area (Å²) in [7, 11) is 0. The number of allylic oxidation sites excluding steroid dienone is 2. The van der Waals surface area contributed by atoms with Gasteiger partial charge in [-0.3, -0.25) is 9.59 Å². The maximum absolute atomic E-state index is 12.3. The first-order valence-electron chi connectivity index (χ1n) is 11.2. The number of ketones is 2. The number of carbonyl (C=O) groups excluding carboxylic acids is 2. The standard InChI is InChI=1S/C24H38O3/c1-5-20-18(7-6-9-23(20,4)17(3)22(27)15-25)13-16(2)21-14-19(26)8-10-24(21)11-12-24/h14,16-18,20,25H,5-13,15H2,1-4H3. The van der Waals surface area contributed by atoms with E-state index in [0.29, 0.717) is 29.0 Å². The largest absolute Gasteiger partial charge is 0.389 e. The second kappa shape index (κ2) is 7.81. The Morgan fingerprint density at radius 2 is 1.96 bits per heavy atom. The molecule has 3 rings (SSSR count). The van der Waals surface area contributed by atoms with Crippen LogP contribution >= 0.6 is 0 Å². The van der Waals surface area contributed by atoms with Crippen LogP contribution in [0.3, 0.4) is 0 Å². The summed E-state index contributed by atoms with van der Waals surface area (Å²) in [6, 6.07) is 0. The van der Waals surface area contributed by atoms with Gasteiger partial charge < -0.3 is 5.11 Å². The summed E-state index contributed by atoms with van der Waals surface area (Å²) in [6.07, 6.45) is 12.0. The van der Waals surface area contributed by atoms with E-state index in [0.717, 1.165) is 38.5 Å². The topological polar surface area (TPSA) is 54.4 Å². The smallest absolute Gasteiger partial charge is 0.161 e. The SMILES string of the molecule is CCC1C(CC(C)C2=CC(=O)CCC23CC3)CCCC1(C)C(C)C(=O)CO. The van der Waals surface area contributed by atoms with Crippen molar-refractivity contribution in [2.45, 2.75) is 85.5 Å². The molecule has 0 aromatic rings. The molecule has 2 fully saturated rings. The van der Waals surface area contributed by atoms with Gasteiger partial charge in [0.05, 0.1) is 0 Å². The Labute approximate surface area is 165 Å². The number of hydrogen-bond donors (Lipinski definition) is 1. The van der Waals surface area contributed by atoms with Crippen LogP contribution in [0.2, 0.25) is 0 Å². The number of carbonyl (C=O) groups is 2. The van der Waals surface area contributed by atoms with Crippen molar-refractivity contribution in [3.8, 4) is 0 Å². The fraction of sp³-hybridized carbons (Fsp3) is 0.833. The van der Waals surface area contributed by atoms with Gasteiger partial charge in [0, 0.05) is 12.3 Å². The monoisotopic (exact) mass is 374 g/mol. The first-order chi connectivity index (χ1) is 12.8. The molecule has 0 saturated heterocycles. The molecular weight excluding hydrogens is 336 g/mol. The first kappa shape index (κ1) is 20.8. The van der Waals surface area contributed by atoms with Gasteiger partial charge >= 0.3 is 0 Å². The van der Waals surface area contributed by atoms with E-state index in [1.165, 1.54) is 24.8 Å². The van der Waals surface area contributed by atoms with E-state index < -0.39 is 0 Å². The summed E-state index contributed by atoms with van der Waals surface area (Å²) in [5, 5.41) is 9.39. The van der Waals surface area contributed by atoms with Crippen LogP contribution in [0.25, 0.3) is 0 Å². The highest BCUT2D eigenvalue weighted by Gasteiger charge is 2.51. The van der Waals surface area contributed by atoms with Gasteiger partial charge in [0.1, 0.15) is 6.61 Å². The lowest BCUT2D eigenvalue weighted by Gasteiger charge is -2.50. The molecule has 5 unspecified atom stereocenters. The predicted octanol–water partition coefficient (Wildman–Crippen LogP) is 5.11. The molecule has 0 aromatic carbocycles. The molecule has 3 aliphatic carbocycles. The zero-order valence-electron chi connectivity index (χ0n) is 17.7. The van der Waals surface area contributed by atoms with Crippen LogP contribution < -0.4 is 0 Å². The Morgan fingerprint density at radius 1 is 1.26 bits per heavy atom. The van der Waals surface area contributed by atoms with Crippen LogP contribution in [0.5, 0.6) is 0 Å². The molecule has 0 amide bonds. The van der Waals surface area contributed by atoms with E-state index in [9.17, 15) is 14.7 Å². The second-order valence-electron chi connectivity index (χ2n) is 10.0. The van der Waals surface area contributed by atoms with E-state index in [2.05, 4.69) is 20.8 Å². The molecule has 3 nitrogen and oxygen atoms in total. The van der Waals surface area contributed by atoms with Gasteiger partial charge in [-0.2, -0.15) is 0 Å². The minimum atomic E-state index is -0.341. The van der Waals surface area contributed by atoms with Gasteiger partial charge in [-0.15, -0.1) is 0 Å². The van der Waals surface area contributed by atoms with Crippen LogP contribution in [0.4, 0.5) is 0 Å². The lowest BCUT2D eigenvalue weighted by molar-refractivity contribution is -0.133. The van der Waals surface area contributed by atoms with Crippen molar-refractivity contribution >= 4 is 11.6 Å². The number of Topliss-reactive ketones (excluding diaryl/α,β-unsaturated/α-hetero) is 1. The van der Waals surface area contributed by atoms with E-state index in [1.807, 2.05) is 13.0 Å². The predicted molar refractivity (Wildman–Crippen MR) is 108 cm³/mol. The Bertz CT molecular complexity index is 615. The van der Waals surface area contributed by atoms with E-state index >= 15 is 0 Å². The molecule has 0 aliphatic heterocycles. The molecular formula is C24H38O3. The number of rotatable bonds is 7. The van der Waals surface area contributed by atoms with Crippen LogP contribution in [0.15, 0.2) is 11.6 Å². The summed E-state index contributed by atoms with van der Waals surface area (Å²) in [5.74, 6) is 1.79. The van der Waals surface area contributed by atoms with Crippen molar-refractivity contribution < 1.29 is 14.7 Å². The summed E-state index contributed by atoms with van der Waals surface area (Å²) < 4.78 is 0. The van der Waals surface area contributed by atoms with Gasteiger partial charge in [-0.25, -0.2) is 0 Å². The molecule has 1 N–H and O–H groups in total. The fourth-order valence-corrected chi connectivity index (χ4v) is 6.64. The van der Waals surface area contributed by atoms with Crippen molar-refractivity contribution in [1.29, 1.82) is 0 Å². The molecule has 0 radical (unpaired) electrons. The van der Waals surface area contributed by atoms with Crippen LogP contribution in [-0.2, 0) is 9.59 Å². The van der Waals surface area contributed by atoms with E-state index in [1.54, 1.807) is 0 Å². The Balaban J connectivity index is 1.77. The second-order valence-corrected chi connectivity index (χ2v) is 10.0. The maximum Gasteiger partial charge on any atom is 0.161 e. The van der Waals surface area contributed by atoms with Crippen LogP contribution in [0, 0.1) is 34.5 Å². The van der Waals surface area contributed by atoms with Crippen molar-refractivity contribution in [3.05, 3.63) is 11.6 Å². The van der Waals surface area contributed by atoms with Crippen LogP contribution in [0.1, 0.15) is 85.5 Å². The highest BCUT2D eigenvalue weighted by molar-refractivity contribution is 5.92. The van der Waals surface area contributed by atoms with Crippen molar-refractivity contribution in [2.75, 3.05) is 6.61 Å². The molecule has 2 saturated carbocycles. The summed E-state index contributed by atoms with van der Waals surface area (Å²) in [4.78, 5) is 24.4. The zero-order valence-corrected chi connectivity index (χ0v) is 17.7. The number of hydrogen-bond acceptors (Lipinski definition) is 3. The van der Waals surface area contributed by atoms with Gasteiger partial charge in [-0.1, -0.05) is 52.5 Å². The molecule has 0 heterocycles. The molecule has 152 valence electrons. The quantitative estimate of drug-likeness (QED) is 0.673. The highest BCUT2D eigenvalue weighted by Crippen LogP contribution is 2.60. The summed E-state index contributed by atoms with van der Waals surface area (Å²) in [6.45, 7) is 8.54. The third-order valence-electron chi connectivity index (χ3n) is 8.59. The van der Waals surface area contributed by atoms with Crippen molar-refractivity contribution in [1.82, 2.24) is 0 Å². The number of aliphatic hydroxyl groups is 1. The maximum atomic E-state index is 12.3. The Kier molecular flexibility index (Phi) is 6.01. The summed E-state index contributed by atoms with van der Waals surface area (Å²) >= 11 is 0. The molecule has 5 atom stereocenters. The number of aliphatic hydroxyl groups excluding tert-OH is 1. The van der Waals surface area contributed by atoms with Gasteiger partial charge in [0.15, 0.2) is 11.6 Å².